The molecule has 0 spiro atoms. The Bertz CT molecular complexity index is 550. The van der Waals surface area contributed by atoms with Gasteiger partial charge in [0, 0.05) is 31.9 Å². The quantitative estimate of drug-likeness (QED) is 0.902. The molecule has 0 saturated carbocycles. The van der Waals surface area contributed by atoms with Crippen LogP contribution < -0.4 is 10.6 Å². The fourth-order valence-corrected chi connectivity index (χ4v) is 2.60. The molecular formula is C14H17F3N4. The summed E-state index contributed by atoms with van der Waals surface area (Å²) in [6.45, 7) is 2.64. The molecule has 2 rings (SSSR count). The van der Waals surface area contributed by atoms with Gasteiger partial charge in [-0.1, -0.05) is 0 Å². The number of nitriles is 1. The Kier molecular flexibility index (Phi) is 4.40. The van der Waals surface area contributed by atoms with Gasteiger partial charge < -0.3 is 15.5 Å². The highest BCUT2D eigenvalue weighted by Gasteiger charge is 2.34. The standard InChI is InChI=1S/C14H17F3N4/c1-20-4-5-21(12(8-19)9-20)11-2-3-13(14(15,16)17)10(6-11)7-18/h2-3,6,12H,4-5,8-9,19H2,1H3. The second kappa shape index (κ2) is 5.92. The number of hydrogen-bond acceptors (Lipinski definition) is 4. The van der Waals surface area contributed by atoms with E-state index in [1.807, 2.05) is 11.9 Å². The molecule has 1 saturated heterocycles. The van der Waals surface area contributed by atoms with Gasteiger partial charge in [0.25, 0.3) is 0 Å². The van der Waals surface area contributed by atoms with Gasteiger partial charge in [-0.3, -0.25) is 0 Å². The molecular weight excluding hydrogens is 281 g/mol. The lowest BCUT2D eigenvalue weighted by molar-refractivity contribution is -0.137. The van der Waals surface area contributed by atoms with Gasteiger partial charge in [-0.15, -0.1) is 0 Å². The van der Waals surface area contributed by atoms with E-state index in [0.717, 1.165) is 19.2 Å². The van der Waals surface area contributed by atoms with Crippen molar-refractivity contribution in [2.24, 2.45) is 5.73 Å². The summed E-state index contributed by atoms with van der Waals surface area (Å²) in [7, 11) is 1.98. The third-order valence-corrected chi connectivity index (χ3v) is 3.72. The maximum Gasteiger partial charge on any atom is 0.417 e. The molecule has 0 bridgehead atoms. The topological polar surface area (TPSA) is 56.3 Å². The molecule has 2 N–H and O–H groups in total. The van der Waals surface area contributed by atoms with Crippen LogP contribution >= 0.6 is 0 Å². The predicted octanol–water partition coefficient (Wildman–Crippen LogP) is 1.66. The minimum absolute atomic E-state index is 0.0343. The van der Waals surface area contributed by atoms with Crippen molar-refractivity contribution in [2.75, 3.05) is 38.1 Å². The van der Waals surface area contributed by atoms with Crippen molar-refractivity contribution >= 4 is 5.69 Å². The normalized spacial score (nSPS) is 20.4. The summed E-state index contributed by atoms with van der Waals surface area (Å²) in [5.74, 6) is 0. The van der Waals surface area contributed by atoms with Gasteiger partial charge in [0.05, 0.1) is 23.2 Å². The molecule has 21 heavy (non-hydrogen) atoms. The second-order valence-electron chi connectivity index (χ2n) is 5.18. The molecule has 4 nitrogen and oxygen atoms in total. The first-order chi connectivity index (χ1) is 9.86. The maximum atomic E-state index is 12.8. The molecule has 1 atom stereocenters. The summed E-state index contributed by atoms with van der Waals surface area (Å²) in [4.78, 5) is 4.10. The molecule has 1 aromatic carbocycles. The number of likely N-dealkylation sites (N-methyl/N-ethyl adjacent to an activating group) is 1. The summed E-state index contributed by atoms with van der Waals surface area (Å²) in [5.41, 5.74) is 5.12. The first kappa shape index (κ1) is 15.6. The predicted molar refractivity (Wildman–Crippen MR) is 73.8 cm³/mol. The van der Waals surface area contributed by atoms with Crippen LogP contribution in [-0.2, 0) is 6.18 Å². The molecule has 0 aliphatic carbocycles. The first-order valence-electron chi connectivity index (χ1n) is 6.63. The van der Waals surface area contributed by atoms with Crippen molar-refractivity contribution in [1.29, 1.82) is 5.26 Å². The van der Waals surface area contributed by atoms with Crippen molar-refractivity contribution in [3.05, 3.63) is 29.3 Å². The Morgan fingerprint density at radius 2 is 2.10 bits per heavy atom. The number of nitrogens with zero attached hydrogens (tertiary/aromatic N) is 3. The van der Waals surface area contributed by atoms with Crippen molar-refractivity contribution in [3.63, 3.8) is 0 Å². The van der Waals surface area contributed by atoms with Crippen LogP contribution in [0.15, 0.2) is 18.2 Å². The second-order valence-corrected chi connectivity index (χ2v) is 5.18. The zero-order valence-corrected chi connectivity index (χ0v) is 11.7. The Labute approximate surface area is 121 Å². The van der Waals surface area contributed by atoms with Gasteiger partial charge in [0.2, 0.25) is 0 Å². The molecule has 1 fully saturated rings. The third-order valence-electron chi connectivity index (χ3n) is 3.72. The number of halogens is 3. The van der Waals surface area contributed by atoms with Gasteiger partial charge in [-0.05, 0) is 25.2 Å². The lowest BCUT2D eigenvalue weighted by atomic mass is 10.0. The Hall–Kier alpha value is -1.78. The fraction of sp³-hybridized carbons (Fsp3) is 0.500. The average Bonchev–Trinajstić information content (AvgIpc) is 2.45. The highest BCUT2D eigenvalue weighted by molar-refractivity contribution is 5.56. The van der Waals surface area contributed by atoms with Crippen LogP contribution in [0.25, 0.3) is 0 Å². The maximum absolute atomic E-state index is 12.8. The average molecular weight is 298 g/mol. The van der Waals surface area contributed by atoms with E-state index in [9.17, 15) is 13.2 Å². The summed E-state index contributed by atoms with van der Waals surface area (Å²) in [5, 5.41) is 8.97. The van der Waals surface area contributed by atoms with Crippen LogP contribution in [0.3, 0.4) is 0 Å². The van der Waals surface area contributed by atoms with E-state index in [2.05, 4.69) is 4.90 Å². The molecule has 1 unspecified atom stereocenters. The van der Waals surface area contributed by atoms with E-state index < -0.39 is 11.7 Å². The van der Waals surface area contributed by atoms with E-state index in [-0.39, 0.29) is 11.6 Å². The lowest BCUT2D eigenvalue weighted by Crippen LogP contribution is -2.55. The Morgan fingerprint density at radius 3 is 2.67 bits per heavy atom. The van der Waals surface area contributed by atoms with Gasteiger partial charge >= 0.3 is 6.18 Å². The van der Waals surface area contributed by atoms with Gasteiger partial charge in [0.15, 0.2) is 0 Å². The molecule has 1 heterocycles. The Balaban J connectivity index is 2.35. The van der Waals surface area contributed by atoms with Crippen molar-refractivity contribution < 1.29 is 13.2 Å². The lowest BCUT2D eigenvalue weighted by Gasteiger charge is -2.41. The number of nitrogens with two attached hydrogens (primary N) is 1. The van der Waals surface area contributed by atoms with Crippen LogP contribution in [0.4, 0.5) is 18.9 Å². The van der Waals surface area contributed by atoms with E-state index in [4.69, 9.17) is 11.0 Å². The van der Waals surface area contributed by atoms with Crippen molar-refractivity contribution in [2.45, 2.75) is 12.2 Å². The van der Waals surface area contributed by atoms with Crippen molar-refractivity contribution in [1.82, 2.24) is 4.90 Å². The molecule has 0 aromatic heterocycles. The van der Waals surface area contributed by atoms with Crippen LogP contribution in [0.2, 0.25) is 0 Å². The zero-order valence-electron chi connectivity index (χ0n) is 11.7. The Morgan fingerprint density at radius 1 is 1.38 bits per heavy atom. The van der Waals surface area contributed by atoms with E-state index >= 15 is 0 Å². The minimum Gasteiger partial charge on any atom is -0.365 e. The molecule has 1 aliphatic rings. The number of benzene rings is 1. The number of rotatable bonds is 2. The van der Waals surface area contributed by atoms with E-state index in [1.54, 1.807) is 6.07 Å². The molecule has 1 aliphatic heterocycles. The third kappa shape index (κ3) is 3.28. The number of piperazine rings is 1. The van der Waals surface area contributed by atoms with Gasteiger partial charge in [0.1, 0.15) is 0 Å². The smallest absolute Gasteiger partial charge is 0.365 e. The fourth-order valence-electron chi connectivity index (χ4n) is 2.60. The summed E-state index contributed by atoms with van der Waals surface area (Å²) < 4.78 is 38.4. The molecule has 0 radical (unpaired) electrons. The number of hydrogen-bond donors (Lipinski definition) is 1. The van der Waals surface area contributed by atoms with Crippen molar-refractivity contribution in [3.8, 4) is 6.07 Å². The van der Waals surface area contributed by atoms with Crippen LogP contribution in [0.1, 0.15) is 11.1 Å². The monoisotopic (exact) mass is 298 g/mol. The summed E-state index contributed by atoms with van der Waals surface area (Å²) >= 11 is 0. The van der Waals surface area contributed by atoms with E-state index in [1.165, 1.54) is 12.1 Å². The van der Waals surface area contributed by atoms with Crippen LogP contribution in [-0.4, -0.2) is 44.2 Å². The summed E-state index contributed by atoms with van der Waals surface area (Å²) in [6, 6.07) is 5.36. The number of alkyl halides is 3. The number of anilines is 1. The minimum atomic E-state index is -4.51. The van der Waals surface area contributed by atoms with Gasteiger partial charge in [-0.2, -0.15) is 18.4 Å². The van der Waals surface area contributed by atoms with Gasteiger partial charge in [-0.25, -0.2) is 0 Å². The van der Waals surface area contributed by atoms with E-state index in [0.29, 0.717) is 18.8 Å². The highest BCUT2D eigenvalue weighted by Crippen LogP contribution is 2.34. The molecule has 0 amide bonds. The first-order valence-corrected chi connectivity index (χ1v) is 6.63. The van der Waals surface area contributed by atoms with Crippen LogP contribution in [0, 0.1) is 11.3 Å². The molecule has 1 aromatic rings. The van der Waals surface area contributed by atoms with Crippen LogP contribution in [0.5, 0.6) is 0 Å². The highest BCUT2D eigenvalue weighted by atomic mass is 19.4. The molecule has 114 valence electrons. The summed E-state index contributed by atoms with van der Waals surface area (Å²) in [6.07, 6.45) is -4.51. The largest absolute Gasteiger partial charge is 0.417 e. The SMILES string of the molecule is CN1CCN(c2ccc(C(F)(F)F)c(C#N)c2)C(CN)C1. The zero-order chi connectivity index (χ0) is 15.6. The molecule has 7 heteroatoms.